The maximum atomic E-state index is 13.3. The number of hydrogen-bond donors (Lipinski definition) is 1. The molecule has 0 aliphatic carbocycles. The summed E-state index contributed by atoms with van der Waals surface area (Å²) in [5.41, 5.74) is 1.51. The molecule has 7 heteroatoms. The SMILES string of the molecule is CCOC(=O)Nc1cccc2c1C=CN(c1ccccc1C(F)(F)F)C2. The molecule has 1 amide bonds. The number of para-hydroxylation sites is 1. The van der Waals surface area contributed by atoms with Crippen LogP contribution in [0.1, 0.15) is 23.6 Å². The number of hydrogen-bond acceptors (Lipinski definition) is 3. The highest BCUT2D eigenvalue weighted by Gasteiger charge is 2.34. The summed E-state index contributed by atoms with van der Waals surface area (Å²) in [6.07, 6.45) is -1.73. The summed E-state index contributed by atoms with van der Waals surface area (Å²) in [6.45, 7) is 2.21. The number of benzene rings is 2. The van der Waals surface area contributed by atoms with Crippen molar-refractivity contribution in [3.8, 4) is 0 Å². The van der Waals surface area contributed by atoms with Gasteiger partial charge in [-0.2, -0.15) is 13.2 Å². The number of rotatable bonds is 3. The number of ether oxygens (including phenoxy) is 1. The minimum Gasteiger partial charge on any atom is -0.450 e. The Morgan fingerprint density at radius 2 is 1.96 bits per heavy atom. The van der Waals surface area contributed by atoms with Gasteiger partial charge in [-0.25, -0.2) is 4.79 Å². The van der Waals surface area contributed by atoms with Gasteiger partial charge in [0.15, 0.2) is 0 Å². The monoisotopic (exact) mass is 362 g/mol. The van der Waals surface area contributed by atoms with E-state index < -0.39 is 17.8 Å². The highest BCUT2D eigenvalue weighted by atomic mass is 19.4. The summed E-state index contributed by atoms with van der Waals surface area (Å²) >= 11 is 0. The van der Waals surface area contributed by atoms with Gasteiger partial charge in [-0.1, -0.05) is 24.3 Å². The standard InChI is InChI=1S/C19H17F3N2O2/c1-2-26-18(25)23-16-8-5-6-13-12-24(11-10-14(13)16)17-9-4-3-7-15(17)19(20,21)22/h3-11H,2,12H2,1H3,(H,23,25). The fraction of sp³-hybridized carbons (Fsp3) is 0.211. The fourth-order valence-corrected chi connectivity index (χ4v) is 2.86. The third kappa shape index (κ3) is 3.66. The molecule has 0 unspecified atom stereocenters. The molecule has 0 saturated carbocycles. The van der Waals surface area contributed by atoms with E-state index in [0.29, 0.717) is 5.69 Å². The van der Waals surface area contributed by atoms with Gasteiger partial charge in [0.1, 0.15) is 0 Å². The predicted molar refractivity (Wildman–Crippen MR) is 93.7 cm³/mol. The quantitative estimate of drug-likeness (QED) is 0.809. The second kappa shape index (κ2) is 7.11. The number of fused-ring (bicyclic) bond motifs is 1. The van der Waals surface area contributed by atoms with Crippen molar-refractivity contribution in [2.45, 2.75) is 19.6 Å². The van der Waals surface area contributed by atoms with Crippen molar-refractivity contribution < 1.29 is 22.7 Å². The van der Waals surface area contributed by atoms with Crippen LogP contribution in [0, 0.1) is 0 Å². The van der Waals surface area contributed by atoms with Gasteiger partial charge in [-0.3, -0.25) is 5.32 Å². The van der Waals surface area contributed by atoms with Crippen LogP contribution in [0.15, 0.2) is 48.7 Å². The van der Waals surface area contributed by atoms with E-state index in [2.05, 4.69) is 5.32 Å². The number of carbonyl (C=O) groups excluding carboxylic acids is 1. The van der Waals surface area contributed by atoms with Gasteiger partial charge in [0.2, 0.25) is 0 Å². The average molecular weight is 362 g/mol. The molecule has 4 nitrogen and oxygen atoms in total. The van der Waals surface area contributed by atoms with Crippen molar-refractivity contribution in [1.29, 1.82) is 0 Å². The smallest absolute Gasteiger partial charge is 0.418 e. The van der Waals surface area contributed by atoms with Crippen LogP contribution < -0.4 is 10.2 Å². The Bertz CT molecular complexity index is 847. The van der Waals surface area contributed by atoms with Crippen LogP contribution in [-0.2, 0) is 17.5 Å². The van der Waals surface area contributed by atoms with Gasteiger partial charge >= 0.3 is 12.3 Å². The Balaban J connectivity index is 1.91. The van der Waals surface area contributed by atoms with Gasteiger partial charge in [0.05, 0.1) is 23.5 Å². The molecule has 0 aromatic heterocycles. The zero-order chi connectivity index (χ0) is 18.7. The van der Waals surface area contributed by atoms with E-state index >= 15 is 0 Å². The molecule has 0 radical (unpaired) electrons. The lowest BCUT2D eigenvalue weighted by Crippen LogP contribution is -2.23. The van der Waals surface area contributed by atoms with Crippen molar-refractivity contribution in [2.75, 3.05) is 16.8 Å². The number of anilines is 2. The predicted octanol–water partition coefficient (Wildman–Crippen LogP) is 5.26. The van der Waals surface area contributed by atoms with E-state index in [-0.39, 0.29) is 18.8 Å². The number of nitrogens with one attached hydrogen (secondary N) is 1. The molecule has 1 heterocycles. The lowest BCUT2D eigenvalue weighted by Gasteiger charge is -2.28. The Labute approximate surface area is 148 Å². The van der Waals surface area contributed by atoms with Crippen molar-refractivity contribution >= 4 is 23.5 Å². The Hall–Kier alpha value is -2.96. The molecule has 136 valence electrons. The van der Waals surface area contributed by atoms with E-state index in [1.807, 2.05) is 6.07 Å². The van der Waals surface area contributed by atoms with Crippen LogP contribution in [-0.4, -0.2) is 12.7 Å². The molecule has 1 aliphatic heterocycles. The number of halogens is 3. The zero-order valence-corrected chi connectivity index (χ0v) is 14.0. The third-order valence-corrected chi connectivity index (χ3v) is 3.99. The summed E-state index contributed by atoms with van der Waals surface area (Å²) in [5, 5.41) is 2.65. The molecule has 0 saturated heterocycles. The van der Waals surface area contributed by atoms with Gasteiger partial charge in [-0.05, 0) is 36.8 Å². The lowest BCUT2D eigenvalue weighted by atomic mass is 10.0. The third-order valence-electron chi connectivity index (χ3n) is 3.99. The summed E-state index contributed by atoms with van der Waals surface area (Å²) in [7, 11) is 0. The van der Waals surface area contributed by atoms with E-state index in [4.69, 9.17) is 4.74 Å². The highest BCUT2D eigenvalue weighted by Crippen LogP contribution is 2.38. The summed E-state index contributed by atoms with van der Waals surface area (Å²) in [4.78, 5) is 13.2. The first-order chi connectivity index (χ1) is 12.4. The normalized spacial score (nSPS) is 13.3. The lowest BCUT2D eigenvalue weighted by molar-refractivity contribution is -0.137. The first-order valence-electron chi connectivity index (χ1n) is 8.07. The molecule has 2 aromatic rings. The van der Waals surface area contributed by atoms with Crippen LogP contribution in [0.5, 0.6) is 0 Å². The molecule has 1 aliphatic rings. The summed E-state index contributed by atoms with van der Waals surface area (Å²) < 4.78 is 44.7. The maximum absolute atomic E-state index is 13.3. The molecule has 0 atom stereocenters. The molecule has 1 N–H and O–H groups in total. The largest absolute Gasteiger partial charge is 0.450 e. The number of carbonyl (C=O) groups is 1. The van der Waals surface area contributed by atoms with Crippen LogP contribution in [0.3, 0.4) is 0 Å². The number of amides is 1. The Kier molecular flexibility index (Phi) is 4.88. The van der Waals surface area contributed by atoms with Gasteiger partial charge < -0.3 is 9.64 Å². The van der Waals surface area contributed by atoms with Crippen molar-refractivity contribution in [1.82, 2.24) is 0 Å². The van der Waals surface area contributed by atoms with E-state index in [0.717, 1.165) is 17.2 Å². The van der Waals surface area contributed by atoms with Crippen molar-refractivity contribution in [3.63, 3.8) is 0 Å². The summed E-state index contributed by atoms with van der Waals surface area (Å²) in [6, 6.07) is 10.7. The Morgan fingerprint density at radius 1 is 1.19 bits per heavy atom. The highest BCUT2D eigenvalue weighted by molar-refractivity contribution is 5.89. The molecule has 0 spiro atoms. The van der Waals surface area contributed by atoms with Crippen molar-refractivity contribution in [3.05, 3.63) is 65.4 Å². The summed E-state index contributed by atoms with van der Waals surface area (Å²) in [5.74, 6) is 0. The number of nitrogens with zero attached hydrogens (tertiary/aromatic N) is 1. The first kappa shape index (κ1) is 17.8. The molecule has 3 rings (SSSR count). The van der Waals surface area contributed by atoms with Crippen molar-refractivity contribution in [2.24, 2.45) is 0 Å². The fourth-order valence-electron chi connectivity index (χ4n) is 2.86. The average Bonchev–Trinajstić information content (AvgIpc) is 2.61. The van der Waals surface area contributed by atoms with Crippen LogP contribution >= 0.6 is 0 Å². The van der Waals surface area contributed by atoms with E-state index in [9.17, 15) is 18.0 Å². The molecular weight excluding hydrogens is 345 g/mol. The molecule has 2 aromatic carbocycles. The molecule has 0 fully saturated rings. The van der Waals surface area contributed by atoms with E-state index in [1.165, 1.54) is 12.1 Å². The van der Waals surface area contributed by atoms with Gasteiger partial charge in [-0.15, -0.1) is 0 Å². The van der Waals surface area contributed by atoms with Crippen LogP contribution in [0.2, 0.25) is 0 Å². The minimum atomic E-state index is -4.43. The molecule has 0 bridgehead atoms. The van der Waals surface area contributed by atoms with Crippen LogP contribution in [0.4, 0.5) is 29.3 Å². The van der Waals surface area contributed by atoms with Gasteiger partial charge in [0.25, 0.3) is 0 Å². The molecular formula is C19H17F3N2O2. The topological polar surface area (TPSA) is 41.6 Å². The minimum absolute atomic E-state index is 0.0886. The zero-order valence-electron chi connectivity index (χ0n) is 14.0. The second-order valence-electron chi connectivity index (χ2n) is 5.68. The molecule has 26 heavy (non-hydrogen) atoms. The van der Waals surface area contributed by atoms with Gasteiger partial charge in [0, 0.05) is 18.3 Å². The maximum Gasteiger partial charge on any atom is 0.418 e. The van der Waals surface area contributed by atoms with E-state index in [1.54, 1.807) is 42.3 Å². The first-order valence-corrected chi connectivity index (χ1v) is 8.07. The van der Waals surface area contributed by atoms with Crippen LogP contribution in [0.25, 0.3) is 6.08 Å². The number of alkyl halides is 3. The Morgan fingerprint density at radius 3 is 2.69 bits per heavy atom. The second-order valence-corrected chi connectivity index (χ2v) is 5.68.